The quantitative estimate of drug-likeness (QED) is 0.658. The molecule has 1 unspecified atom stereocenters. The molecule has 1 atom stereocenters. The zero-order chi connectivity index (χ0) is 13.0. The fraction of sp³-hybridized carbons (Fsp3) is 0.533. The molecule has 1 N–H and O–H groups in total. The number of fused-ring (bicyclic) bond motifs is 1. The minimum atomic E-state index is -0.264. The maximum absolute atomic E-state index is 11.7. The second-order valence-electron chi connectivity index (χ2n) is 4.95. The summed E-state index contributed by atoms with van der Waals surface area (Å²) in [4.78, 5) is 11.7. The monoisotopic (exact) mass is 247 g/mol. The maximum atomic E-state index is 11.7. The fourth-order valence-electron chi connectivity index (χ4n) is 2.93. The molecule has 3 nitrogen and oxygen atoms in total. The van der Waals surface area contributed by atoms with Crippen molar-refractivity contribution in [2.24, 2.45) is 0 Å². The number of ether oxygens (including phenoxy) is 1. The van der Waals surface area contributed by atoms with E-state index in [1.54, 1.807) is 0 Å². The highest BCUT2D eigenvalue weighted by Gasteiger charge is 2.36. The maximum Gasteiger partial charge on any atom is 0.307 e. The number of hydrogen-bond donors (Lipinski definition) is 1. The first-order valence-corrected chi connectivity index (χ1v) is 6.56. The summed E-state index contributed by atoms with van der Waals surface area (Å²) in [5.41, 5.74) is 2.35. The van der Waals surface area contributed by atoms with Gasteiger partial charge >= 0.3 is 5.97 Å². The Morgan fingerprint density at radius 3 is 2.89 bits per heavy atom. The van der Waals surface area contributed by atoms with Crippen molar-refractivity contribution in [3.8, 4) is 0 Å². The van der Waals surface area contributed by atoms with E-state index in [-0.39, 0.29) is 11.5 Å². The largest absolute Gasteiger partial charge is 0.469 e. The third-order valence-corrected chi connectivity index (χ3v) is 3.98. The van der Waals surface area contributed by atoms with Gasteiger partial charge in [-0.3, -0.25) is 4.79 Å². The van der Waals surface area contributed by atoms with Crippen molar-refractivity contribution >= 4 is 5.97 Å². The number of aryl methyl sites for hydroxylation is 1. The van der Waals surface area contributed by atoms with Gasteiger partial charge in [0.15, 0.2) is 0 Å². The van der Waals surface area contributed by atoms with Gasteiger partial charge in [-0.1, -0.05) is 30.7 Å². The molecular formula is C15H21NO2. The molecule has 0 heterocycles. The zero-order valence-electron chi connectivity index (χ0n) is 11.2. The van der Waals surface area contributed by atoms with E-state index in [4.69, 9.17) is 4.74 Å². The minimum Gasteiger partial charge on any atom is -0.469 e. The Morgan fingerprint density at radius 2 is 2.17 bits per heavy atom. The molecule has 0 saturated carbocycles. The molecule has 0 spiro atoms. The molecule has 1 aromatic carbocycles. The lowest BCUT2D eigenvalue weighted by Gasteiger charge is -2.33. The molecule has 0 fully saturated rings. The van der Waals surface area contributed by atoms with Gasteiger partial charge in [0.25, 0.3) is 0 Å². The van der Waals surface area contributed by atoms with Crippen molar-refractivity contribution in [1.82, 2.24) is 5.32 Å². The van der Waals surface area contributed by atoms with Crippen molar-refractivity contribution in [2.45, 2.75) is 37.6 Å². The number of carbonyl (C=O) groups is 1. The summed E-state index contributed by atoms with van der Waals surface area (Å²) >= 11 is 0. The van der Waals surface area contributed by atoms with E-state index in [0.29, 0.717) is 6.42 Å². The Morgan fingerprint density at radius 1 is 1.39 bits per heavy atom. The molecule has 0 saturated heterocycles. The van der Waals surface area contributed by atoms with Crippen molar-refractivity contribution in [3.05, 3.63) is 35.4 Å². The van der Waals surface area contributed by atoms with Crippen molar-refractivity contribution in [1.29, 1.82) is 0 Å². The number of carbonyl (C=O) groups excluding carboxylic acids is 1. The highest BCUT2D eigenvalue weighted by atomic mass is 16.5. The van der Waals surface area contributed by atoms with Crippen LogP contribution in [0.15, 0.2) is 24.3 Å². The van der Waals surface area contributed by atoms with Crippen LogP contribution >= 0.6 is 0 Å². The Bertz CT molecular complexity index is 430. The highest BCUT2D eigenvalue weighted by molar-refractivity contribution is 5.71. The molecular weight excluding hydrogens is 226 g/mol. The summed E-state index contributed by atoms with van der Waals surface area (Å²) in [6.45, 7) is 0. The Hall–Kier alpha value is -1.35. The summed E-state index contributed by atoms with van der Waals surface area (Å²) in [5.74, 6) is -0.152. The second kappa shape index (κ2) is 5.53. The Kier molecular flexibility index (Phi) is 4.02. The number of benzene rings is 1. The smallest absolute Gasteiger partial charge is 0.307 e. The average Bonchev–Trinajstić information content (AvgIpc) is 2.59. The summed E-state index contributed by atoms with van der Waals surface area (Å²) in [5, 5.41) is 3.38. The number of hydrogen-bond acceptors (Lipinski definition) is 3. The molecule has 0 aromatic heterocycles. The fourth-order valence-corrected chi connectivity index (χ4v) is 2.93. The van der Waals surface area contributed by atoms with E-state index in [1.807, 2.05) is 13.1 Å². The van der Waals surface area contributed by atoms with Crippen LogP contribution in [0.2, 0.25) is 0 Å². The van der Waals surface area contributed by atoms with Crippen LogP contribution in [0.1, 0.15) is 36.8 Å². The molecule has 0 aliphatic heterocycles. The van der Waals surface area contributed by atoms with Gasteiger partial charge < -0.3 is 10.1 Å². The molecule has 1 aromatic rings. The predicted molar refractivity (Wildman–Crippen MR) is 71.4 cm³/mol. The first kappa shape index (κ1) is 13.1. The number of rotatable bonds is 3. The first-order chi connectivity index (χ1) is 8.72. The van der Waals surface area contributed by atoms with Gasteiger partial charge in [-0.25, -0.2) is 0 Å². The van der Waals surface area contributed by atoms with Crippen LogP contribution in [0, 0.1) is 0 Å². The van der Waals surface area contributed by atoms with E-state index in [0.717, 1.165) is 19.3 Å². The zero-order valence-corrected chi connectivity index (χ0v) is 11.2. The molecule has 0 bridgehead atoms. The molecule has 3 heteroatoms. The lowest BCUT2D eigenvalue weighted by Crippen LogP contribution is -2.42. The van der Waals surface area contributed by atoms with Crippen LogP contribution in [-0.2, 0) is 21.5 Å². The Balaban J connectivity index is 2.42. The summed E-state index contributed by atoms with van der Waals surface area (Å²) in [6, 6.07) is 8.43. The highest BCUT2D eigenvalue weighted by Crippen LogP contribution is 2.36. The third kappa shape index (κ3) is 2.41. The first-order valence-electron chi connectivity index (χ1n) is 6.56. The summed E-state index contributed by atoms with van der Waals surface area (Å²) < 4.78 is 4.86. The van der Waals surface area contributed by atoms with Gasteiger partial charge in [-0.2, -0.15) is 0 Å². The number of nitrogens with one attached hydrogen (secondary N) is 1. The van der Waals surface area contributed by atoms with Crippen molar-refractivity contribution in [2.75, 3.05) is 14.2 Å². The lowest BCUT2D eigenvalue weighted by molar-refractivity contribution is -0.142. The van der Waals surface area contributed by atoms with Gasteiger partial charge in [0, 0.05) is 0 Å². The van der Waals surface area contributed by atoms with Crippen LogP contribution in [0.25, 0.3) is 0 Å². The van der Waals surface area contributed by atoms with Crippen molar-refractivity contribution < 1.29 is 9.53 Å². The topological polar surface area (TPSA) is 38.3 Å². The normalized spacial score (nSPS) is 23.0. The van der Waals surface area contributed by atoms with Crippen LogP contribution < -0.4 is 5.32 Å². The standard InChI is InChI=1S/C15H21NO2/c1-16-15(11-14(17)18-2)10-6-5-8-12-7-3-4-9-13(12)15/h3-4,7,9,16H,5-6,8,10-11H2,1-2H3. The van der Waals surface area contributed by atoms with Crippen LogP contribution in [0.3, 0.4) is 0 Å². The van der Waals surface area contributed by atoms with E-state index in [2.05, 4.69) is 23.5 Å². The predicted octanol–water partition coefficient (Wildman–Crippen LogP) is 2.39. The van der Waals surface area contributed by atoms with Crippen LogP contribution in [-0.4, -0.2) is 20.1 Å². The SMILES string of the molecule is CNC1(CC(=O)OC)CCCCc2ccccc21. The Labute approximate surface area is 109 Å². The van der Waals surface area contributed by atoms with Crippen LogP contribution in [0.5, 0.6) is 0 Å². The summed E-state index contributed by atoms with van der Waals surface area (Å²) in [7, 11) is 3.39. The van der Waals surface area contributed by atoms with E-state index < -0.39 is 0 Å². The van der Waals surface area contributed by atoms with Crippen molar-refractivity contribution in [3.63, 3.8) is 0 Å². The van der Waals surface area contributed by atoms with Gasteiger partial charge in [0.2, 0.25) is 0 Å². The average molecular weight is 247 g/mol. The summed E-state index contributed by atoms with van der Waals surface area (Å²) in [6.07, 6.45) is 4.79. The number of esters is 1. The molecule has 0 radical (unpaired) electrons. The third-order valence-electron chi connectivity index (χ3n) is 3.98. The van der Waals surface area contributed by atoms with E-state index in [9.17, 15) is 4.79 Å². The molecule has 1 aliphatic carbocycles. The number of methoxy groups -OCH3 is 1. The van der Waals surface area contributed by atoms with E-state index >= 15 is 0 Å². The van der Waals surface area contributed by atoms with Gasteiger partial charge in [0.05, 0.1) is 19.1 Å². The second-order valence-corrected chi connectivity index (χ2v) is 4.95. The molecule has 1 aliphatic rings. The van der Waals surface area contributed by atoms with Crippen LogP contribution in [0.4, 0.5) is 0 Å². The molecule has 0 amide bonds. The van der Waals surface area contributed by atoms with Gasteiger partial charge in [-0.15, -0.1) is 0 Å². The van der Waals surface area contributed by atoms with E-state index in [1.165, 1.54) is 24.7 Å². The molecule has 98 valence electrons. The minimum absolute atomic E-state index is 0.152. The molecule has 18 heavy (non-hydrogen) atoms. The van der Waals surface area contributed by atoms with Gasteiger partial charge in [0.1, 0.15) is 0 Å². The lowest BCUT2D eigenvalue weighted by atomic mass is 9.82. The molecule has 2 rings (SSSR count). The van der Waals surface area contributed by atoms with Gasteiger partial charge in [-0.05, 0) is 37.4 Å².